The van der Waals surface area contributed by atoms with Gasteiger partial charge in [-0.3, -0.25) is 14.3 Å². The van der Waals surface area contributed by atoms with Crippen LogP contribution in [0.25, 0.3) is 0 Å². The van der Waals surface area contributed by atoms with Gasteiger partial charge in [-0.1, -0.05) is 20.8 Å². The summed E-state index contributed by atoms with van der Waals surface area (Å²) in [6, 6.07) is 0.135. The van der Waals surface area contributed by atoms with Gasteiger partial charge in [-0.05, 0) is 39.0 Å². The number of nitrogens with one attached hydrogen (secondary N) is 1. The molecule has 20 heavy (non-hydrogen) atoms. The van der Waals surface area contributed by atoms with Gasteiger partial charge in [0.25, 0.3) is 0 Å². The Bertz CT molecular complexity index is 373. The molecule has 0 spiro atoms. The maximum Gasteiger partial charge on any atom is 0.244 e. The zero-order valence-corrected chi connectivity index (χ0v) is 14.5. The normalized spacial score (nSPS) is 30.1. The number of carbonyl (C=O) groups excluding carboxylic acids is 1. The molecule has 1 N–H and O–H groups in total. The summed E-state index contributed by atoms with van der Waals surface area (Å²) < 4.78 is 11.3. The van der Waals surface area contributed by atoms with Crippen molar-refractivity contribution in [3.05, 3.63) is 0 Å². The molecule has 5 heteroatoms. The van der Waals surface area contributed by atoms with Gasteiger partial charge in [-0.25, -0.2) is 0 Å². The number of hydrogen-bond acceptors (Lipinski definition) is 3. The second-order valence-corrected chi connectivity index (χ2v) is 8.16. The van der Waals surface area contributed by atoms with Crippen molar-refractivity contribution in [2.75, 3.05) is 12.0 Å². The minimum Gasteiger partial charge on any atom is -0.323 e. The van der Waals surface area contributed by atoms with E-state index in [-0.39, 0.29) is 18.1 Å². The summed E-state index contributed by atoms with van der Waals surface area (Å²) in [5, 5.41) is 3.52. The third-order valence-corrected chi connectivity index (χ3v) is 5.04. The Morgan fingerprint density at radius 1 is 1.40 bits per heavy atom. The standard InChI is InChI=1S/C15H30N2O2S/c1-7-15(5)14(18)17(12(4)8-9-20(6)19)13(16-15)10-11(2)3/h11-13,16H,7-10H2,1-6H3. The lowest BCUT2D eigenvalue weighted by Gasteiger charge is -2.31. The first-order chi connectivity index (χ1) is 9.21. The molecule has 0 aromatic rings. The summed E-state index contributed by atoms with van der Waals surface area (Å²) >= 11 is 0. The van der Waals surface area contributed by atoms with Gasteiger partial charge >= 0.3 is 0 Å². The molecule has 1 aliphatic heterocycles. The molecule has 1 saturated heterocycles. The molecule has 0 aromatic heterocycles. The molecule has 118 valence electrons. The van der Waals surface area contributed by atoms with Crippen LogP contribution >= 0.6 is 0 Å². The Kier molecular flexibility index (Phi) is 6.20. The molecule has 4 nitrogen and oxygen atoms in total. The van der Waals surface area contributed by atoms with Crippen molar-refractivity contribution in [3.8, 4) is 0 Å². The number of nitrogens with zero attached hydrogens (tertiary/aromatic N) is 1. The Morgan fingerprint density at radius 3 is 2.45 bits per heavy atom. The number of carbonyl (C=O) groups is 1. The average Bonchev–Trinajstić information content (AvgIpc) is 2.58. The molecular weight excluding hydrogens is 272 g/mol. The van der Waals surface area contributed by atoms with Crippen LogP contribution in [0.4, 0.5) is 0 Å². The van der Waals surface area contributed by atoms with Crippen LogP contribution in [0.2, 0.25) is 0 Å². The van der Waals surface area contributed by atoms with E-state index >= 15 is 0 Å². The molecule has 1 rings (SSSR count). The van der Waals surface area contributed by atoms with Crippen molar-refractivity contribution in [2.45, 2.75) is 71.6 Å². The van der Waals surface area contributed by atoms with Crippen LogP contribution < -0.4 is 5.32 Å². The van der Waals surface area contributed by atoms with E-state index in [4.69, 9.17) is 0 Å². The van der Waals surface area contributed by atoms with Gasteiger partial charge in [0.2, 0.25) is 5.91 Å². The summed E-state index contributed by atoms with van der Waals surface area (Å²) in [7, 11) is -0.799. The van der Waals surface area contributed by atoms with Crippen LogP contribution in [-0.4, -0.2) is 44.8 Å². The lowest BCUT2D eigenvalue weighted by Crippen LogP contribution is -2.44. The molecule has 0 aliphatic carbocycles. The molecule has 0 aromatic carbocycles. The lowest BCUT2D eigenvalue weighted by atomic mass is 9.99. The third-order valence-electron chi connectivity index (χ3n) is 4.23. The van der Waals surface area contributed by atoms with Crippen LogP contribution in [0, 0.1) is 5.92 Å². The highest BCUT2D eigenvalue weighted by Gasteiger charge is 2.48. The first kappa shape index (κ1) is 17.6. The Labute approximate surface area is 126 Å². The van der Waals surface area contributed by atoms with Crippen molar-refractivity contribution >= 4 is 16.7 Å². The molecular formula is C15H30N2O2S. The van der Waals surface area contributed by atoms with Crippen molar-refractivity contribution in [1.29, 1.82) is 0 Å². The van der Waals surface area contributed by atoms with Crippen LogP contribution in [0.5, 0.6) is 0 Å². The maximum atomic E-state index is 12.7. The van der Waals surface area contributed by atoms with Crippen molar-refractivity contribution in [1.82, 2.24) is 10.2 Å². The van der Waals surface area contributed by atoms with Gasteiger partial charge in [0.1, 0.15) is 0 Å². The predicted molar refractivity (Wildman–Crippen MR) is 84.9 cm³/mol. The summed E-state index contributed by atoms with van der Waals surface area (Å²) in [4.78, 5) is 14.7. The Morgan fingerprint density at radius 2 is 2.00 bits per heavy atom. The van der Waals surface area contributed by atoms with Crippen LogP contribution in [0.3, 0.4) is 0 Å². The molecule has 0 saturated carbocycles. The second kappa shape index (κ2) is 7.03. The predicted octanol–water partition coefficient (Wildman–Crippen LogP) is 2.12. The summed E-state index contributed by atoms with van der Waals surface area (Å²) in [5.41, 5.74) is -0.445. The smallest absolute Gasteiger partial charge is 0.244 e. The van der Waals surface area contributed by atoms with Crippen LogP contribution in [-0.2, 0) is 15.6 Å². The van der Waals surface area contributed by atoms with E-state index in [2.05, 4.69) is 26.1 Å². The molecule has 4 atom stereocenters. The quantitative estimate of drug-likeness (QED) is 0.783. The summed E-state index contributed by atoms with van der Waals surface area (Å²) in [6.45, 7) is 10.5. The zero-order chi connectivity index (χ0) is 15.5. The highest BCUT2D eigenvalue weighted by Crippen LogP contribution is 2.29. The van der Waals surface area contributed by atoms with Crippen molar-refractivity contribution in [2.24, 2.45) is 5.92 Å². The monoisotopic (exact) mass is 302 g/mol. The van der Waals surface area contributed by atoms with Gasteiger partial charge in [0.05, 0.1) is 11.7 Å². The fourth-order valence-corrected chi connectivity index (χ4v) is 3.45. The van der Waals surface area contributed by atoms with Gasteiger partial charge in [-0.2, -0.15) is 0 Å². The average molecular weight is 302 g/mol. The van der Waals surface area contributed by atoms with E-state index in [0.29, 0.717) is 11.7 Å². The summed E-state index contributed by atoms with van der Waals surface area (Å²) in [6.07, 6.45) is 4.38. The first-order valence-electron chi connectivity index (χ1n) is 7.61. The van der Waals surface area contributed by atoms with Crippen molar-refractivity contribution < 1.29 is 9.00 Å². The van der Waals surface area contributed by atoms with E-state index in [1.54, 1.807) is 6.26 Å². The number of amides is 1. The number of rotatable bonds is 7. The maximum absolute atomic E-state index is 12.7. The van der Waals surface area contributed by atoms with E-state index in [1.165, 1.54) is 0 Å². The Hall–Kier alpha value is -0.420. The fourth-order valence-electron chi connectivity index (χ4n) is 2.78. The highest BCUT2D eigenvalue weighted by atomic mass is 32.2. The summed E-state index contributed by atoms with van der Waals surface area (Å²) in [5.74, 6) is 1.39. The molecule has 1 heterocycles. The highest BCUT2D eigenvalue weighted by molar-refractivity contribution is 7.84. The van der Waals surface area contributed by atoms with E-state index in [1.807, 2.05) is 18.7 Å². The van der Waals surface area contributed by atoms with E-state index < -0.39 is 16.3 Å². The molecule has 1 aliphatic rings. The SMILES string of the molecule is CCC1(C)NC(CC(C)C)N(C(C)CCS(C)=O)C1=O. The van der Waals surface area contributed by atoms with Gasteiger partial charge in [0.15, 0.2) is 0 Å². The molecule has 1 amide bonds. The van der Waals surface area contributed by atoms with Gasteiger partial charge < -0.3 is 4.90 Å². The van der Waals surface area contributed by atoms with Crippen LogP contribution in [0.15, 0.2) is 0 Å². The Balaban J connectivity index is 2.86. The molecule has 1 fully saturated rings. The minimum absolute atomic E-state index is 0.104. The first-order valence-corrected chi connectivity index (χ1v) is 9.34. The third kappa shape index (κ3) is 4.04. The lowest BCUT2D eigenvalue weighted by molar-refractivity contribution is -0.135. The fraction of sp³-hybridized carbons (Fsp3) is 0.933. The molecule has 0 bridgehead atoms. The minimum atomic E-state index is -0.799. The van der Waals surface area contributed by atoms with Gasteiger partial charge in [0, 0.05) is 28.9 Å². The van der Waals surface area contributed by atoms with Crippen molar-refractivity contribution in [3.63, 3.8) is 0 Å². The largest absolute Gasteiger partial charge is 0.323 e. The zero-order valence-electron chi connectivity index (χ0n) is 13.7. The van der Waals surface area contributed by atoms with Crippen LogP contribution in [0.1, 0.15) is 53.9 Å². The number of hydrogen-bond donors (Lipinski definition) is 1. The van der Waals surface area contributed by atoms with E-state index in [9.17, 15) is 9.00 Å². The molecule has 4 unspecified atom stereocenters. The molecule has 0 radical (unpaired) electrons. The topological polar surface area (TPSA) is 49.4 Å². The van der Waals surface area contributed by atoms with E-state index in [0.717, 1.165) is 19.3 Å². The van der Waals surface area contributed by atoms with Gasteiger partial charge in [-0.15, -0.1) is 0 Å². The second-order valence-electron chi connectivity index (χ2n) is 6.60.